The van der Waals surface area contributed by atoms with Crippen molar-refractivity contribution in [1.29, 1.82) is 0 Å². The van der Waals surface area contributed by atoms with Crippen LogP contribution in [0.25, 0.3) is 11.1 Å². The predicted molar refractivity (Wildman–Crippen MR) is 73.7 cm³/mol. The van der Waals surface area contributed by atoms with Crippen molar-refractivity contribution in [3.63, 3.8) is 0 Å². The zero-order valence-electron chi connectivity index (χ0n) is 10.5. The number of benzene rings is 2. The van der Waals surface area contributed by atoms with Gasteiger partial charge in [-0.2, -0.15) is 0 Å². The molecule has 0 bridgehead atoms. The van der Waals surface area contributed by atoms with Gasteiger partial charge in [0.05, 0.1) is 6.10 Å². The maximum absolute atomic E-state index is 8.83. The summed E-state index contributed by atoms with van der Waals surface area (Å²) in [5.41, 5.74) is 2.38. The summed E-state index contributed by atoms with van der Waals surface area (Å²) in [5, 5.41) is 8.83. The van der Waals surface area contributed by atoms with E-state index in [2.05, 4.69) is 24.3 Å². The molecule has 2 rings (SSSR count). The molecule has 1 N–H and O–H groups in total. The number of hydrogen-bond donors (Lipinski definition) is 1. The van der Waals surface area contributed by atoms with Crippen LogP contribution in [0.1, 0.15) is 13.3 Å². The third-order valence-corrected chi connectivity index (χ3v) is 2.83. The number of aliphatic hydroxyl groups excluding tert-OH is 1. The van der Waals surface area contributed by atoms with Crippen molar-refractivity contribution in [2.75, 3.05) is 6.61 Å². The molecule has 2 nitrogen and oxygen atoms in total. The molecule has 1 unspecified atom stereocenters. The SMILES string of the molecule is CC(CCO)Oc1ccc(-c2ccccc2)cc1. The van der Waals surface area contributed by atoms with Crippen LogP contribution in [-0.2, 0) is 0 Å². The molecular weight excluding hydrogens is 224 g/mol. The van der Waals surface area contributed by atoms with Gasteiger partial charge < -0.3 is 9.84 Å². The van der Waals surface area contributed by atoms with Crippen molar-refractivity contribution in [3.05, 3.63) is 54.6 Å². The van der Waals surface area contributed by atoms with Crippen molar-refractivity contribution < 1.29 is 9.84 Å². The van der Waals surface area contributed by atoms with Gasteiger partial charge in [0.25, 0.3) is 0 Å². The molecule has 2 aromatic carbocycles. The summed E-state index contributed by atoms with van der Waals surface area (Å²) in [5.74, 6) is 0.843. The van der Waals surface area contributed by atoms with Crippen LogP contribution in [0.4, 0.5) is 0 Å². The fourth-order valence-corrected chi connectivity index (χ4v) is 1.83. The minimum absolute atomic E-state index is 0.0394. The summed E-state index contributed by atoms with van der Waals surface area (Å²) in [4.78, 5) is 0. The van der Waals surface area contributed by atoms with E-state index < -0.39 is 0 Å². The Bertz CT molecular complexity index is 462. The van der Waals surface area contributed by atoms with Crippen LogP contribution in [0.3, 0.4) is 0 Å². The lowest BCUT2D eigenvalue weighted by Crippen LogP contribution is -2.13. The molecule has 0 saturated carbocycles. The fourth-order valence-electron chi connectivity index (χ4n) is 1.83. The summed E-state index contributed by atoms with van der Waals surface area (Å²) in [6, 6.07) is 18.3. The average Bonchev–Trinajstić information content (AvgIpc) is 2.41. The standard InChI is InChI=1S/C16H18O2/c1-13(11-12-17)18-16-9-7-15(8-10-16)14-5-3-2-4-6-14/h2-10,13,17H,11-12H2,1H3. The van der Waals surface area contributed by atoms with Crippen LogP contribution in [0.2, 0.25) is 0 Å². The van der Waals surface area contributed by atoms with Gasteiger partial charge in [-0.05, 0) is 30.2 Å². The third-order valence-electron chi connectivity index (χ3n) is 2.83. The highest BCUT2D eigenvalue weighted by atomic mass is 16.5. The first kappa shape index (κ1) is 12.7. The Balaban J connectivity index is 2.06. The molecule has 18 heavy (non-hydrogen) atoms. The van der Waals surface area contributed by atoms with Crippen LogP contribution >= 0.6 is 0 Å². The second-order valence-corrected chi connectivity index (χ2v) is 4.33. The smallest absolute Gasteiger partial charge is 0.119 e. The van der Waals surface area contributed by atoms with Gasteiger partial charge in [-0.25, -0.2) is 0 Å². The predicted octanol–water partition coefficient (Wildman–Crippen LogP) is 3.50. The molecule has 1 atom stereocenters. The van der Waals surface area contributed by atoms with Crippen molar-refractivity contribution in [1.82, 2.24) is 0 Å². The summed E-state index contributed by atoms with van der Waals surface area (Å²) >= 11 is 0. The van der Waals surface area contributed by atoms with E-state index in [1.54, 1.807) is 0 Å². The van der Waals surface area contributed by atoms with Gasteiger partial charge in [0, 0.05) is 13.0 Å². The van der Waals surface area contributed by atoms with E-state index in [-0.39, 0.29) is 12.7 Å². The van der Waals surface area contributed by atoms with Crippen LogP contribution in [0.15, 0.2) is 54.6 Å². The summed E-state index contributed by atoms with van der Waals surface area (Å²) in [6.45, 7) is 2.12. The molecule has 0 spiro atoms. The second-order valence-electron chi connectivity index (χ2n) is 4.33. The normalized spacial score (nSPS) is 12.1. The number of ether oxygens (including phenoxy) is 1. The van der Waals surface area contributed by atoms with E-state index in [0.717, 1.165) is 5.75 Å². The van der Waals surface area contributed by atoms with Crippen LogP contribution in [0.5, 0.6) is 5.75 Å². The first-order chi connectivity index (χ1) is 8.79. The highest BCUT2D eigenvalue weighted by molar-refractivity contribution is 5.63. The molecule has 0 aliphatic heterocycles. The number of hydrogen-bond acceptors (Lipinski definition) is 2. The van der Waals surface area contributed by atoms with Crippen molar-refractivity contribution in [2.24, 2.45) is 0 Å². The Labute approximate surface area is 108 Å². The average molecular weight is 242 g/mol. The molecule has 0 fully saturated rings. The fraction of sp³-hybridized carbons (Fsp3) is 0.250. The topological polar surface area (TPSA) is 29.5 Å². The molecule has 0 aliphatic carbocycles. The maximum Gasteiger partial charge on any atom is 0.119 e. The number of aliphatic hydroxyl groups is 1. The Morgan fingerprint density at radius 3 is 2.17 bits per heavy atom. The van der Waals surface area contributed by atoms with Gasteiger partial charge >= 0.3 is 0 Å². The monoisotopic (exact) mass is 242 g/mol. The molecule has 2 heteroatoms. The van der Waals surface area contributed by atoms with Crippen molar-refractivity contribution in [3.8, 4) is 16.9 Å². The molecule has 2 aromatic rings. The lowest BCUT2D eigenvalue weighted by molar-refractivity contribution is 0.169. The molecule has 0 heterocycles. The van der Waals surface area contributed by atoms with Crippen molar-refractivity contribution >= 4 is 0 Å². The Morgan fingerprint density at radius 1 is 0.944 bits per heavy atom. The van der Waals surface area contributed by atoms with E-state index in [0.29, 0.717) is 6.42 Å². The van der Waals surface area contributed by atoms with Crippen molar-refractivity contribution in [2.45, 2.75) is 19.4 Å². The summed E-state index contributed by atoms with van der Waals surface area (Å²) in [6.07, 6.45) is 0.693. The second kappa shape index (κ2) is 6.22. The molecule has 0 aromatic heterocycles. The first-order valence-corrected chi connectivity index (χ1v) is 6.22. The minimum Gasteiger partial charge on any atom is -0.491 e. The number of rotatable bonds is 5. The van der Waals surface area contributed by atoms with Gasteiger partial charge in [0.1, 0.15) is 5.75 Å². The highest BCUT2D eigenvalue weighted by Gasteiger charge is 2.03. The van der Waals surface area contributed by atoms with Gasteiger partial charge in [0.2, 0.25) is 0 Å². The van der Waals surface area contributed by atoms with Crippen LogP contribution in [-0.4, -0.2) is 17.8 Å². The molecule has 0 aliphatic rings. The molecule has 0 saturated heterocycles. The molecule has 94 valence electrons. The zero-order valence-corrected chi connectivity index (χ0v) is 10.5. The van der Waals surface area contributed by atoms with Gasteiger partial charge in [-0.3, -0.25) is 0 Å². The zero-order chi connectivity index (χ0) is 12.8. The van der Waals surface area contributed by atoms with Crippen LogP contribution < -0.4 is 4.74 Å². The third kappa shape index (κ3) is 3.34. The quantitative estimate of drug-likeness (QED) is 0.869. The summed E-state index contributed by atoms with van der Waals surface area (Å²) < 4.78 is 5.69. The Kier molecular flexibility index (Phi) is 4.37. The van der Waals surface area contributed by atoms with Gasteiger partial charge in [-0.15, -0.1) is 0 Å². The van der Waals surface area contributed by atoms with E-state index >= 15 is 0 Å². The molecule has 0 amide bonds. The van der Waals surface area contributed by atoms with Gasteiger partial charge in [-0.1, -0.05) is 42.5 Å². The van der Waals surface area contributed by atoms with Crippen LogP contribution in [0, 0.1) is 0 Å². The highest BCUT2D eigenvalue weighted by Crippen LogP contribution is 2.22. The van der Waals surface area contributed by atoms with E-state index in [4.69, 9.17) is 9.84 Å². The largest absolute Gasteiger partial charge is 0.491 e. The van der Waals surface area contributed by atoms with Gasteiger partial charge in [0.15, 0.2) is 0 Å². The minimum atomic E-state index is 0.0394. The van der Waals surface area contributed by atoms with E-state index in [1.807, 2.05) is 37.3 Å². The Hall–Kier alpha value is -1.80. The molecule has 0 radical (unpaired) electrons. The lowest BCUT2D eigenvalue weighted by Gasteiger charge is -2.13. The first-order valence-electron chi connectivity index (χ1n) is 6.22. The van der Waals surface area contributed by atoms with E-state index in [1.165, 1.54) is 11.1 Å². The Morgan fingerprint density at radius 2 is 1.56 bits per heavy atom. The maximum atomic E-state index is 8.83. The van der Waals surface area contributed by atoms with E-state index in [9.17, 15) is 0 Å². The summed E-state index contributed by atoms with van der Waals surface area (Å²) in [7, 11) is 0. The lowest BCUT2D eigenvalue weighted by atomic mass is 10.1. The molecular formula is C16H18O2.